The van der Waals surface area contributed by atoms with Gasteiger partial charge in [-0.25, -0.2) is 4.98 Å². The number of halogens is 2. The smallest absolute Gasteiger partial charge is 0.110 e. The summed E-state index contributed by atoms with van der Waals surface area (Å²) in [6, 6.07) is 8.46. The van der Waals surface area contributed by atoms with Gasteiger partial charge in [0.05, 0.1) is 0 Å². The highest BCUT2D eigenvalue weighted by molar-refractivity contribution is 14.1. The summed E-state index contributed by atoms with van der Waals surface area (Å²) < 4.78 is 2.15. The lowest BCUT2D eigenvalue weighted by Gasteiger charge is -2.03. The van der Waals surface area contributed by atoms with Crippen molar-refractivity contribution in [2.45, 2.75) is 6.92 Å². The first-order valence-electron chi connectivity index (χ1n) is 3.90. The molecule has 0 radical (unpaired) electrons. The van der Waals surface area contributed by atoms with Crippen molar-refractivity contribution >= 4 is 56.0 Å². The third-order valence-corrected chi connectivity index (χ3v) is 3.32. The predicted octanol–water partition coefficient (Wildman–Crippen LogP) is 3.75. The molecule has 0 amide bonds. The highest BCUT2D eigenvalue weighted by Crippen LogP contribution is 2.23. The standard InChI is InChI=1S/C10H7I2N/c1-6-3-2-4-7-5-8(11)13-10(12)9(6)7/h2-5H,1H3. The van der Waals surface area contributed by atoms with Crippen LogP contribution >= 0.6 is 45.2 Å². The summed E-state index contributed by atoms with van der Waals surface area (Å²) in [6.07, 6.45) is 0. The first-order chi connectivity index (χ1) is 6.18. The zero-order valence-corrected chi connectivity index (χ0v) is 11.3. The Hall–Kier alpha value is 0.0900. The van der Waals surface area contributed by atoms with Crippen LogP contribution < -0.4 is 0 Å². The maximum absolute atomic E-state index is 4.44. The SMILES string of the molecule is Cc1cccc2cc(I)nc(I)c12. The molecular weight excluding hydrogens is 388 g/mol. The van der Waals surface area contributed by atoms with E-state index in [1.54, 1.807) is 0 Å². The van der Waals surface area contributed by atoms with Gasteiger partial charge in [0.25, 0.3) is 0 Å². The summed E-state index contributed by atoms with van der Waals surface area (Å²) in [7, 11) is 0. The van der Waals surface area contributed by atoms with E-state index in [1.807, 2.05) is 0 Å². The second-order valence-electron chi connectivity index (χ2n) is 2.91. The largest absolute Gasteiger partial charge is 0.235 e. The van der Waals surface area contributed by atoms with E-state index in [1.165, 1.54) is 16.3 Å². The summed E-state index contributed by atoms with van der Waals surface area (Å²) >= 11 is 4.54. The van der Waals surface area contributed by atoms with Gasteiger partial charge in [-0.2, -0.15) is 0 Å². The van der Waals surface area contributed by atoms with Crippen molar-refractivity contribution in [3.8, 4) is 0 Å². The van der Waals surface area contributed by atoms with Gasteiger partial charge in [-0.05, 0) is 69.1 Å². The zero-order valence-electron chi connectivity index (χ0n) is 7.01. The lowest BCUT2D eigenvalue weighted by Crippen LogP contribution is -1.89. The molecule has 0 aliphatic rings. The molecule has 0 spiro atoms. The minimum absolute atomic E-state index is 1.06. The number of hydrogen-bond donors (Lipinski definition) is 0. The van der Waals surface area contributed by atoms with Gasteiger partial charge in [0, 0.05) is 5.39 Å². The highest BCUT2D eigenvalue weighted by Gasteiger charge is 2.03. The molecule has 0 aliphatic heterocycles. The van der Waals surface area contributed by atoms with Crippen LogP contribution in [0.15, 0.2) is 24.3 Å². The van der Waals surface area contributed by atoms with Crippen molar-refractivity contribution in [1.82, 2.24) is 4.98 Å². The van der Waals surface area contributed by atoms with Gasteiger partial charge in [0.1, 0.15) is 7.40 Å². The Morgan fingerprint density at radius 3 is 2.77 bits per heavy atom. The van der Waals surface area contributed by atoms with Gasteiger partial charge < -0.3 is 0 Å². The number of rotatable bonds is 0. The van der Waals surface area contributed by atoms with Crippen molar-refractivity contribution in [1.29, 1.82) is 0 Å². The molecule has 0 aliphatic carbocycles. The van der Waals surface area contributed by atoms with Crippen LogP contribution in [0.2, 0.25) is 0 Å². The summed E-state index contributed by atoms with van der Waals surface area (Å²) in [5.41, 5.74) is 1.30. The fourth-order valence-electron chi connectivity index (χ4n) is 1.40. The zero-order chi connectivity index (χ0) is 9.42. The van der Waals surface area contributed by atoms with Crippen molar-refractivity contribution < 1.29 is 0 Å². The number of aryl methyl sites for hydroxylation is 1. The van der Waals surface area contributed by atoms with Crippen LogP contribution in [0.3, 0.4) is 0 Å². The Labute approximate surface area is 104 Å². The first kappa shape index (κ1) is 9.64. The van der Waals surface area contributed by atoms with E-state index in [0.29, 0.717) is 0 Å². The molecule has 0 N–H and O–H groups in total. The number of benzene rings is 1. The normalized spacial score (nSPS) is 10.7. The van der Waals surface area contributed by atoms with Crippen LogP contribution in [-0.2, 0) is 0 Å². The third-order valence-electron chi connectivity index (χ3n) is 1.99. The quantitative estimate of drug-likeness (QED) is 0.490. The molecule has 1 heterocycles. The number of nitrogens with zero attached hydrogens (tertiary/aromatic N) is 1. The van der Waals surface area contributed by atoms with E-state index in [-0.39, 0.29) is 0 Å². The molecule has 0 fully saturated rings. The molecule has 3 heteroatoms. The Morgan fingerprint density at radius 1 is 1.23 bits per heavy atom. The number of pyridine rings is 1. The van der Waals surface area contributed by atoms with Gasteiger partial charge in [0.15, 0.2) is 0 Å². The van der Waals surface area contributed by atoms with E-state index >= 15 is 0 Å². The molecule has 0 saturated heterocycles. The first-order valence-corrected chi connectivity index (χ1v) is 6.05. The second-order valence-corrected chi connectivity index (χ2v) is 5.04. The van der Waals surface area contributed by atoms with Crippen LogP contribution in [0.5, 0.6) is 0 Å². The topological polar surface area (TPSA) is 12.9 Å². The fourth-order valence-corrected chi connectivity index (χ4v) is 3.44. The predicted molar refractivity (Wildman–Crippen MR) is 71.9 cm³/mol. The van der Waals surface area contributed by atoms with Gasteiger partial charge in [0.2, 0.25) is 0 Å². The second kappa shape index (κ2) is 3.68. The van der Waals surface area contributed by atoms with Crippen molar-refractivity contribution in [3.63, 3.8) is 0 Å². The van der Waals surface area contributed by atoms with Gasteiger partial charge in [-0.1, -0.05) is 18.2 Å². The number of aromatic nitrogens is 1. The van der Waals surface area contributed by atoms with Gasteiger partial charge in [-0.15, -0.1) is 0 Å². The average molecular weight is 395 g/mol. The van der Waals surface area contributed by atoms with E-state index in [4.69, 9.17) is 0 Å². The molecule has 0 atom stereocenters. The Kier molecular flexibility index (Phi) is 2.73. The number of hydrogen-bond acceptors (Lipinski definition) is 1. The van der Waals surface area contributed by atoms with Crippen LogP contribution in [0.25, 0.3) is 10.8 Å². The molecule has 1 aromatic carbocycles. The monoisotopic (exact) mass is 395 g/mol. The van der Waals surface area contributed by atoms with Gasteiger partial charge in [-0.3, -0.25) is 0 Å². The molecular formula is C10H7I2N. The Bertz CT molecular complexity index is 466. The summed E-state index contributed by atoms with van der Waals surface area (Å²) in [6.45, 7) is 2.12. The van der Waals surface area contributed by atoms with E-state index in [9.17, 15) is 0 Å². The van der Waals surface area contributed by atoms with E-state index < -0.39 is 0 Å². The Balaban J connectivity index is 2.94. The minimum Gasteiger partial charge on any atom is -0.235 e. The summed E-state index contributed by atoms with van der Waals surface area (Å²) in [5.74, 6) is 0. The van der Waals surface area contributed by atoms with Crippen molar-refractivity contribution in [2.24, 2.45) is 0 Å². The molecule has 1 nitrogen and oxygen atoms in total. The highest BCUT2D eigenvalue weighted by atomic mass is 127. The van der Waals surface area contributed by atoms with Crippen LogP contribution in [0.1, 0.15) is 5.56 Å². The molecule has 66 valence electrons. The maximum Gasteiger partial charge on any atom is 0.110 e. The third kappa shape index (κ3) is 1.81. The van der Waals surface area contributed by atoms with Crippen molar-refractivity contribution in [2.75, 3.05) is 0 Å². The van der Waals surface area contributed by atoms with E-state index in [2.05, 4.69) is 81.4 Å². The molecule has 0 saturated carbocycles. The molecule has 13 heavy (non-hydrogen) atoms. The molecule has 2 aromatic rings. The van der Waals surface area contributed by atoms with Crippen LogP contribution in [-0.4, -0.2) is 4.98 Å². The number of fused-ring (bicyclic) bond motifs is 1. The maximum atomic E-state index is 4.44. The summed E-state index contributed by atoms with van der Waals surface area (Å²) in [5, 5.41) is 2.56. The average Bonchev–Trinajstić information content (AvgIpc) is 2.02. The molecule has 0 unspecified atom stereocenters. The Morgan fingerprint density at radius 2 is 2.00 bits per heavy atom. The van der Waals surface area contributed by atoms with Crippen LogP contribution in [0, 0.1) is 14.3 Å². The van der Waals surface area contributed by atoms with Gasteiger partial charge >= 0.3 is 0 Å². The lowest BCUT2D eigenvalue weighted by molar-refractivity contribution is 1.25. The van der Waals surface area contributed by atoms with Crippen LogP contribution in [0.4, 0.5) is 0 Å². The summed E-state index contributed by atoms with van der Waals surface area (Å²) in [4.78, 5) is 4.44. The van der Waals surface area contributed by atoms with E-state index in [0.717, 1.165) is 7.40 Å². The lowest BCUT2D eigenvalue weighted by atomic mass is 10.1. The minimum atomic E-state index is 1.06. The molecule has 2 rings (SSSR count). The fraction of sp³-hybridized carbons (Fsp3) is 0.100. The van der Waals surface area contributed by atoms with Crippen molar-refractivity contribution in [3.05, 3.63) is 37.2 Å². The molecule has 1 aromatic heterocycles. The molecule has 0 bridgehead atoms.